The summed E-state index contributed by atoms with van der Waals surface area (Å²) in [5, 5.41) is 5.03. The SMILES string of the molecule is Cc1csc(C(=O)Nc2cc(C#CCN)ccn2)c1Cl. The van der Waals surface area contributed by atoms with Gasteiger partial charge in [-0.1, -0.05) is 23.4 Å². The number of nitrogens with two attached hydrogens (primary N) is 1. The monoisotopic (exact) mass is 305 g/mol. The lowest BCUT2D eigenvalue weighted by atomic mass is 10.2. The molecule has 102 valence electrons. The second kappa shape index (κ2) is 6.53. The van der Waals surface area contributed by atoms with Crippen molar-refractivity contribution < 1.29 is 4.79 Å². The van der Waals surface area contributed by atoms with Gasteiger partial charge in [-0.3, -0.25) is 4.79 Å². The Morgan fingerprint density at radius 1 is 1.60 bits per heavy atom. The first-order valence-electron chi connectivity index (χ1n) is 5.81. The average Bonchev–Trinajstić information content (AvgIpc) is 2.77. The zero-order valence-corrected chi connectivity index (χ0v) is 12.3. The Balaban J connectivity index is 2.18. The molecule has 0 spiro atoms. The molecule has 0 radical (unpaired) electrons. The second-order valence-corrected chi connectivity index (χ2v) is 5.21. The molecule has 2 aromatic heterocycles. The fourth-order valence-corrected chi connectivity index (χ4v) is 2.66. The zero-order valence-electron chi connectivity index (χ0n) is 10.7. The molecule has 0 aromatic carbocycles. The molecule has 0 aliphatic carbocycles. The molecule has 2 heterocycles. The van der Waals surface area contributed by atoms with Crippen molar-refractivity contribution in [2.45, 2.75) is 6.92 Å². The normalized spacial score (nSPS) is 9.75. The van der Waals surface area contributed by atoms with Crippen LogP contribution < -0.4 is 11.1 Å². The van der Waals surface area contributed by atoms with E-state index in [0.29, 0.717) is 15.7 Å². The topological polar surface area (TPSA) is 68.0 Å². The summed E-state index contributed by atoms with van der Waals surface area (Å²) in [6.07, 6.45) is 1.58. The number of carbonyl (C=O) groups excluding carboxylic acids is 1. The molecule has 2 rings (SSSR count). The van der Waals surface area contributed by atoms with Gasteiger partial charge in [-0.25, -0.2) is 4.98 Å². The number of hydrogen-bond acceptors (Lipinski definition) is 4. The molecule has 0 bridgehead atoms. The van der Waals surface area contributed by atoms with Gasteiger partial charge in [0.2, 0.25) is 0 Å². The zero-order chi connectivity index (χ0) is 14.5. The maximum Gasteiger partial charge on any atom is 0.268 e. The summed E-state index contributed by atoms with van der Waals surface area (Å²) in [5.41, 5.74) is 6.95. The minimum Gasteiger partial charge on any atom is -0.320 e. The molecule has 20 heavy (non-hydrogen) atoms. The number of pyridine rings is 1. The van der Waals surface area contributed by atoms with Crippen molar-refractivity contribution in [3.05, 3.63) is 44.7 Å². The van der Waals surface area contributed by atoms with Crippen LogP contribution in [0.1, 0.15) is 20.8 Å². The summed E-state index contributed by atoms with van der Waals surface area (Å²) in [6.45, 7) is 2.14. The van der Waals surface area contributed by atoms with Gasteiger partial charge in [0, 0.05) is 11.8 Å². The molecule has 0 aliphatic rings. The molecule has 0 unspecified atom stereocenters. The molecule has 6 heteroatoms. The second-order valence-electron chi connectivity index (χ2n) is 3.95. The van der Waals surface area contributed by atoms with Gasteiger partial charge in [0.25, 0.3) is 5.91 Å². The maximum absolute atomic E-state index is 12.1. The third-order valence-corrected chi connectivity index (χ3v) is 4.14. The number of anilines is 1. The number of nitrogens with zero attached hydrogens (tertiary/aromatic N) is 1. The van der Waals surface area contributed by atoms with E-state index in [9.17, 15) is 4.79 Å². The van der Waals surface area contributed by atoms with Crippen LogP contribution in [0.2, 0.25) is 5.02 Å². The van der Waals surface area contributed by atoms with Gasteiger partial charge in [0.05, 0.1) is 11.6 Å². The van der Waals surface area contributed by atoms with Crippen molar-refractivity contribution in [3.8, 4) is 11.8 Å². The van der Waals surface area contributed by atoms with E-state index in [1.807, 2.05) is 12.3 Å². The quantitative estimate of drug-likeness (QED) is 0.838. The van der Waals surface area contributed by atoms with Crippen molar-refractivity contribution >= 4 is 34.7 Å². The van der Waals surface area contributed by atoms with Crippen molar-refractivity contribution in [1.82, 2.24) is 4.98 Å². The summed E-state index contributed by atoms with van der Waals surface area (Å²) in [7, 11) is 0. The highest BCUT2D eigenvalue weighted by Crippen LogP contribution is 2.27. The predicted octanol–water partition coefficient (Wildman–Crippen LogP) is 2.67. The summed E-state index contributed by atoms with van der Waals surface area (Å²) in [5.74, 6) is 5.79. The van der Waals surface area contributed by atoms with Gasteiger partial charge in [0.15, 0.2) is 0 Å². The molecular formula is C14H12ClN3OS. The van der Waals surface area contributed by atoms with E-state index in [1.165, 1.54) is 11.3 Å². The number of amides is 1. The molecule has 2 aromatic rings. The van der Waals surface area contributed by atoms with E-state index in [-0.39, 0.29) is 12.5 Å². The molecule has 0 atom stereocenters. The van der Waals surface area contributed by atoms with Crippen LogP contribution in [0.3, 0.4) is 0 Å². The smallest absolute Gasteiger partial charge is 0.268 e. The van der Waals surface area contributed by atoms with Gasteiger partial charge in [-0.15, -0.1) is 11.3 Å². The van der Waals surface area contributed by atoms with Gasteiger partial charge < -0.3 is 11.1 Å². The Bertz CT molecular complexity index is 700. The lowest BCUT2D eigenvalue weighted by Gasteiger charge is -2.03. The van der Waals surface area contributed by atoms with Gasteiger partial charge in [-0.05, 0) is 30.0 Å². The van der Waals surface area contributed by atoms with Crippen LogP contribution in [-0.4, -0.2) is 17.4 Å². The minimum atomic E-state index is -0.274. The Kier molecular flexibility index (Phi) is 4.74. The van der Waals surface area contributed by atoms with Crippen molar-refractivity contribution in [1.29, 1.82) is 0 Å². The minimum absolute atomic E-state index is 0.274. The largest absolute Gasteiger partial charge is 0.320 e. The fraction of sp³-hybridized carbons (Fsp3) is 0.143. The number of halogens is 1. The van der Waals surface area contributed by atoms with Crippen LogP contribution in [0.5, 0.6) is 0 Å². The van der Waals surface area contributed by atoms with E-state index < -0.39 is 0 Å². The third-order valence-electron chi connectivity index (χ3n) is 2.44. The first-order chi connectivity index (χ1) is 9.61. The molecule has 0 fully saturated rings. The number of rotatable bonds is 2. The number of carbonyl (C=O) groups is 1. The van der Waals surface area contributed by atoms with Crippen LogP contribution in [0.15, 0.2) is 23.7 Å². The predicted molar refractivity (Wildman–Crippen MR) is 82.2 cm³/mol. The van der Waals surface area contributed by atoms with E-state index in [1.54, 1.807) is 18.3 Å². The van der Waals surface area contributed by atoms with Crippen LogP contribution in [0.4, 0.5) is 5.82 Å². The van der Waals surface area contributed by atoms with Crippen LogP contribution in [-0.2, 0) is 0 Å². The number of thiophene rings is 1. The Labute approximate surface area is 126 Å². The number of nitrogens with one attached hydrogen (secondary N) is 1. The number of aryl methyl sites for hydroxylation is 1. The van der Waals surface area contributed by atoms with Crippen molar-refractivity contribution in [2.75, 3.05) is 11.9 Å². The maximum atomic E-state index is 12.1. The summed E-state index contributed by atoms with van der Waals surface area (Å²) < 4.78 is 0. The van der Waals surface area contributed by atoms with Crippen molar-refractivity contribution in [3.63, 3.8) is 0 Å². The van der Waals surface area contributed by atoms with Gasteiger partial charge >= 0.3 is 0 Å². The highest BCUT2D eigenvalue weighted by Gasteiger charge is 2.15. The number of aromatic nitrogens is 1. The molecule has 1 amide bonds. The van der Waals surface area contributed by atoms with Crippen LogP contribution in [0.25, 0.3) is 0 Å². The summed E-state index contributed by atoms with van der Waals surface area (Å²) in [6, 6.07) is 3.44. The molecular weight excluding hydrogens is 294 g/mol. The van der Waals surface area contributed by atoms with E-state index >= 15 is 0 Å². The fourth-order valence-electron chi connectivity index (χ4n) is 1.49. The van der Waals surface area contributed by atoms with Crippen molar-refractivity contribution in [2.24, 2.45) is 5.73 Å². The molecule has 0 aliphatic heterocycles. The standard InChI is InChI=1S/C14H12ClN3OS/c1-9-8-20-13(12(9)15)14(19)18-11-7-10(3-2-5-16)4-6-17-11/h4,6-8H,5,16H2,1H3,(H,17,18,19). The lowest BCUT2D eigenvalue weighted by Crippen LogP contribution is -2.12. The number of hydrogen-bond donors (Lipinski definition) is 2. The molecule has 3 N–H and O–H groups in total. The molecule has 0 saturated carbocycles. The highest BCUT2D eigenvalue weighted by molar-refractivity contribution is 7.13. The van der Waals surface area contributed by atoms with Crippen LogP contribution in [0, 0.1) is 18.8 Å². The highest BCUT2D eigenvalue weighted by atomic mass is 35.5. The van der Waals surface area contributed by atoms with E-state index in [2.05, 4.69) is 22.1 Å². The summed E-state index contributed by atoms with van der Waals surface area (Å²) in [4.78, 5) is 16.6. The van der Waals surface area contributed by atoms with E-state index in [4.69, 9.17) is 17.3 Å². The third kappa shape index (κ3) is 3.36. The first-order valence-corrected chi connectivity index (χ1v) is 7.07. The van der Waals surface area contributed by atoms with E-state index in [0.717, 1.165) is 11.1 Å². The molecule has 4 nitrogen and oxygen atoms in total. The average molecular weight is 306 g/mol. The Morgan fingerprint density at radius 3 is 3.05 bits per heavy atom. The summed E-state index contributed by atoms with van der Waals surface area (Å²) >= 11 is 7.37. The lowest BCUT2D eigenvalue weighted by molar-refractivity contribution is 0.103. The van der Waals surface area contributed by atoms with Crippen LogP contribution >= 0.6 is 22.9 Å². The van der Waals surface area contributed by atoms with Gasteiger partial charge in [0.1, 0.15) is 10.7 Å². The molecule has 0 saturated heterocycles. The first kappa shape index (κ1) is 14.5. The van der Waals surface area contributed by atoms with Gasteiger partial charge in [-0.2, -0.15) is 0 Å². The Morgan fingerprint density at radius 2 is 2.40 bits per heavy atom. The Hall–Kier alpha value is -1.87.